The van der Waals surface area contributed by atoms with Gasteiger partial charge in [-0.25, -0.2) is 13.1 Å². The number of hydrogen-bond acceptors (Lipinski definition) is 5. The second-order valence-corrected chi connectivity index (χ2v) is 10.8. The first kappa shape index (κ1) is 21.7. The van der Waals surface area contributed by atoms with Crippen molar-refractivity contribution in [1.82, 2.24) is 14.1 Å². The maximum absolute atomic E-state index is 12.9. The van der Waals surface area contributed by atoms with Gasteiger partial charge in [-0.2, -0.15) is 9.40 Å². The van der Waals surface area contributed by atoms with Gasteiger partial charge in [0.2, 0.25) is 5.91 Å². The van der Waals surface area contributed by atoms with Crippen LogP contribution < -0.4 is 5.32 Å². The predicted octanol–water partition coefficient (Wildman–Crippen LogP) is 3.59. The van der Waals surface area contributed by atoms with Gasteiger partial charge < -0.3 is 5.32 Å². The molecule has 7 nitrogen and oxygen atoms in total. The van der Waals surface area contributed by atoms with Crippen LogP contribution in [0.2, 0.25) is 0 Å². The maximum atomic E-state index is 12.9. The van der Waals surface area contributed by atoms with Gasteiger partial charge in [-0.05, 0) is 41.8 Å². The zero-order valence-electron chi connectivity index (χ0n) is 17.4. The summed E-state index contributed by atoms with van der Waals surface area (Å²) in [4.78, 5) is 12.9. The molecule has 1 unspecified atom stereocenters. The van der Waals surface area contributed by atoms with Crippen LogP contribution in [0.25, 0.3) is 0 Å². The molecule has 0 bridgehead atoms. The first-order valence-corrected chi connectivity index (χ1v) is 12.7. The first-order valence-electron chi connectivity index (χ1n) is 10.4. The third-order valence-electron chi connectivity index (χ3n) is 5.58. The Kier molecular flexibility index (Phi) is 6.54. The molecule has 1 saturated heterocycles. The highest BCUT2D eigenvalue weighted by Crippen LogP contribution is 2.27. The minimum atomic E-state index is -3.55. The topological polar surface area (TPSA) is 84.3 Å². The van der Waals surface area contributed by atoms with Crippen LogP contribution in [-0.2, 0) is 27.8 Å². The van der Waals surface area contributed by atoms with Crippen LogP contribution in [0.5, 0.6) is 0 Å². The van der Waals surface area contributed by atoms with Gasteiger partial charge in [0.25, 0.3) is 10.0 Å². The number of carbonyl (C=O) groups is 1. The standard InChI is InChI=1S/C22H26N4O3S2/c1-2-17-7-9-18(10-8-17)15-26-20(11-12-23-26)24-22(27)19-5-3-13-25(16-19)31(28,29)21-6-4-14-30-21/h4,6-12,14,19H,2-3,5,13,15-16H2,1H3,(H,24,27). The van der Waals surface area contributed by atoms with Gasteiger partial charge in [-0.3, -0.25) is 4.79 Å². The van der Waals surface area contributed by atoms with Crippen molar-refractivity contribution < 1.29 is 13.2 Å². The van der Waals surface area contributed by atoms with Crippen molar-refractivity contribution in [2.45, 2.75) is 36.9 Å². The Morgan fingerprint density at radius 2 is 1.97 bits per heavy atom. The Morgan fingerprint density at radius 1 is 1.19 bits per heavy atom. The molecular weight excluding hydrogens is 432 g/mol. The van der Waals surface area contributed by atoms with Crippen LogP contribution in [0.4, 0.5) is 5.82 Å². The lowest BCUT2D eigenvalue weighted by Gasteiger charge is -2.30. The van der Waals surface area contributed by atoms with E-state index in [4.69, 9.17) is 0 Å². The van der Waals surface area contributed by atoms with E-state index in [9.17, 15) is 13.2 Å². The fourth-order valence-corrected chi connectivity index (χ4v) is 6.43. The van der Waals surface area contributed by atoms with Crippen molar-refractivity contribution in [3.8, 4) is 0 Å². The van der Waals surface area contributed by atoms with Gasteiger partial charge in [0.15, 0.2) is 0 Å². The summed E-state index contributed by atoms with van der Waals surface area (Å²) in [7, 11) is -3.55. The summed E-state index contributed by atoms with van der Waals surface area (Å²) < 4.78 is 29.2. The number of thiophene rings is 1. The van der Waals surface area contributed by atoms with E-state index in [1.165, 1.54) is 21.2 Å². The van der Waals surface area contributed by atoms with Gasteiger partial charge in [0.1, 0.15) is 10.0 Å². The average molecular weight is 459 g/mol. The molecule has 1 fully saturated rings. The summed E-state index contributed by atoms with van der Waals surface area (Å²) in [6.07, 6.45) is 3.97. The minimum absolute atomic E-state index is 0.172. The van der Waals surface area contributed by atoms with Gasteiger partial charge in [-0.1, -0.05) is 37.3 Å². The van der Waals surface area contributed by atoms with Gasteiger partial charge in [0, 0.05) is 19.2 Å². The number of benzene rings is 1. The molecule has 0 spiro atoms. The molecule has 1 aromatic carbocycles. The monoisotopic (exact) mass is 458 g/mol. The third-order valence-corrected chi connectivity index (χ3v) is 8.81. The minimum Gasteiger partial charge on any atom is -0.311 e. The SMILES string of the molecule is CCc1ccc(Cn2nccc2NC(=O)C2CCCN(S(=O)(=O)c3cccs3)C2)cc1. The van der Waals surface area contributed by atoms with Crippen molar-refractivity contribution in [2.75, 3.05) is 18.4 Å². The van der Waals surface area contributed by atoms with Crippen molar-refractivity contribution in [3.63, 3.8) is 0 Å². The number of nitrogens with zero attached hydrogens (tertiary/aromatic N) is 3. The molecule has 4 rings (SSSR count). The van der Waals surface area contributed by atoms with Crippen LogP contribution in [0.15, 0.2) is 58.3 Å². The fraction of sp³-hybridized carbons (Fsp3) is 0.364. The van der Waals surface area contributed by atoms with Crippen LogP contribution in [-0.4, -0.2) is 41.5 Å². The molecule has 164 valence electrons. The number of carbonyl (C=O) groups excluding carboxylic acids is 1. The maximum Gasteiger partial charge on any atom is 0.252 e. The number of hydrogen-bond donors (Lipinski definition) is 1. The third kappa shape index (κ3) is 4.89. The summed E-state index contributed by atoms with van der Waals surface area (Å²) in [5.74, 6) is 0.0487. The Labute approximate surface area is 186 Å². The fourth-order valence-electron chi connectivity index (χ4n) is 3.76. The molecule has 1 aliphatic heterocycles. The molecule has 0 radical (unpaired) electrons. The number of piperidine rings is 1. The number of amides is 1. The lowest BCUT2D eigenvalue weighted by molar-refractivity contribution is -0.120. The van der Waals surface area contributed by atoms with E-state index in [1.807, 2.05) is 0 Å². The van der Waals surface area contributed by atoms with Gasteiger partial charge in [0.05, 0.1) is 18.7 Å². The van der Waals surface area contributed by atoms with E-state index < -0.39 is 15.9 Å². The van der Waals surface area contributed by atoms with E-state index in [2.05, 4.69) is 41.6 Å². The van der Waals surface area contributed by atoms with Crippen LogP contribution in [0.1, 0.15) is 30.9 Å². The Hall–Kier alpha value is -2.49. The summed E-state index contributed by atoms with van der Waals surface area (Å²) in [5.41, 5.74) is 2.37. The highest BCUT2D eigenvalue weighted by Gasteiger charge is 2.34. The van der Waals surface area contributed by atoms with E-state index in [0.717, 1.165) is 12.0 Å². The van der Waals surface area contributed by atoms with E-state index >= 15 is 0 Å². The largest absolute Gasteiger partial charge is 0.311 e. The highest BCUT2D eigenvalue weighted by molar-refractivity contribution is 7.91. The summed E-state index contributed by atoms with van der Waals surface area (Å²) in [6, 6.07) is 13.4. The smallest absolute Gasteiger partial charge is 0.252 e. The average Bonchev–Trinajstić information content (AvgIpc) is 3.47. The second-order valence-electron chi connectivity index (χ2n) is 7.67. The van der Waals surface area contributed by atoms with Crippen LogP contribution in [0, 0.1) is 5.92 Å². The number of aromatic nitrogens is 2. The van der Waals surface area contributed by atoms with Crippen molar-refractivity contribution >= 4 is 33.1 Å². The lowest BCUT2D eigenvalue weighted by atomic mass is 9.99. The summed E-state index contributed by atoms with van der Waals surface area (Å²) >= 11 is 1.20. The second kappa shape index (κ2) is 9.33. The normalized spacial score (nSPS) is 17.5. The molecule has 0 saturated carbocycles. The molecule has 1 amide bonds. The molecule has 1 N–H and O–H groups in total. The van der Waals surface area contributed by atoms with Gasteiger partial charge >= 0.3 is 0 Å². The Morgan fingerprint density at radius 3 is 2.68 bits per heavy atom. The van der Waals surface area contributed by atoms with Crippen LogP contribution in [0.3, 0.4) is 0 Å². The summed E-state index contributed by atoms with van der Waals surface area (Å²) in [5, 5.41) is 9.04. The number of anilines is 1. The molecule has 3 heterocycles. The summed E-state index contributed by atoms with van der Waals surface area (Å²) in [6.45, 7) is 3.30. The number of sulfonamides is 1. The first-order chi connectivity index (χ1) is 15.0. The van der Waals surface area contributed by atoms with E-state index in [1.54, 1.807) is 34.5 Å². The lowest BCUT2D eigenvalue weighted by Crippen LogP contribution is -2.43. The van der Waals surface area contributed by atoms with Crippen molar-refractivity contribution in [1.29, 1.82) is 0 Å². The van der Waals surface area contributed by atoms with E-state index in [-0.39, 0.29) is 12.5 Å². The molecule has 1 atom stereocenters. The van der Waals surface area contributed by atoms with E-state index in [0.29, 0.717) is 36.0 Å². The Balaban J connectivity index is 1.42. The highest BCUT2D eigenvalue weighted by atomic mass is 32.2. The quantitative estimate of drug-likeness (QED) is 0.586. The Bertz CT molecular complexity index is 1120. The van der Waals surface area contributed by atoms with Gasteiger partial charge in [-0.15, -0.1) is 11.3 Å². The molecule has 0 aliphatic carbocycles. The number of rotatable bonds is 7. The predicted molar refractivity (Wildman–Crippen MR) is 122 cm³/mol. The van der Waals surface area contributed by atoms with Crippen LogP contribution >= 0.6 is 11.3 Å². The van der Waals surface area contributed by atoms with Crippen molar-refractivity contribution in [3.05, 3.63) is 65.2 Å². The zero-order valence-corrected chi connectivity index (χ0v) is 19.0. The molecule has 3 aromatic rings. The number of aryl methyl sites for hydroxylation is 1. The molecule has 1 aliphatic rings. The number of nitrogens with one attached hydrogen (secondary N) is 1. The zero-order chi connectivity index (χ0) is 21.8. The molecule has 9 heteroatoms. The molecular formula is C22H26N4O3S2. The molecule has 2 aromatic heterocycles. The van der Waals surface area contributed by atoms with Crippen molar-refractivity contribution in [2.24, 2.45) is 5.92 Å². The molecule has 31 heavy (non-hydrogen) atoms.